The van der Waals surface area contributed by atoms with Gasteiger partial charge >= 0.3 is 0 Å². The zero-order valence-electron chi connectivity index (χ0n) is 8.23. The normalized spacial score (nSPS) is 11.8. The summed E-state index contributed by atoms with van der Waals surface area (Å²) in [5.41, 5.74) is 0.905. The molecule has 0 aliphatic heterocycles. The van der Waals surface area contributed by atoms with E-state index < -0.39 is 0 Å². The molecule has 0 saturated carbocycles. The van der Waals surface area contributed by atoms with Crippen LogP contribution < -0.4 is 5.32 Å². The van der Waals surface area contributed by atoms with Gasteiger partial charge in [0, 0.05) is 12.1 Å². The van der Waals surface area contributed by atoms with E-state index in [2.05, 4.69) is 32.2 Å². The Labute approximate surface area is 74.4 Å². The zero-order valence-corrected chi connectivity index (χ0v) is 8.23. The Morgan fingerprint density at radius 3 is 2.25 bits per heavy atom. The van der Waals surface area contributed by atoms with E-state index in [1.807, 2.05) is 13.1 Å². The Bertz CT molecular complexity index is 184. The molecule has 0 aliphatic carbocycles. The van der Waals surface area contributed by atoms with Crippen molar-refractivity contribution in [3.63, 3.8) is 0 Å². The van der Waals surface area contributed by atoms with Crippen molar-refractivity contribution in [2.75, 3.05) is 13.6 Å². The molecule has 3 nitrogen and oxygen atoms in total. The van der Waals surface area contributed by atoms with Crippen LogP contribution in [0.15, 0.2) is 11.6 Å². The number of likely N-dealkylation sites (N-methyl/N-ethyl adjacent to an activating group) is 1. The summed E-state index contributed by atoms with van der Waals surface area (Å²) in [6.45, 7) is 6.91. The highest BCUT2D eigenvalue weighted by Crippen LogP contribution is 2.16. The van der Waals surface area contributed by atoms with Gasteiger partial charge in [-0.1, -0.05) is 26.8 Å². The summed E-state index contributed by atoms with van der Waals surface area (Å²) in [5.74, 6) is 0. The first-order valence-electron chi connectivity index (χ1n) is 3.76. The monoisotopic (exact) mass is 170 g/mol. The number of nitrogens with one attached hydrogen (secondary N) is 1. The fourth-order valence-corrected chi connectivity index (χ4v) is 0.836. The molecule has 0 aliphatic rings. The topological polar surface area (TPSA) is 67.3 Å². The number of rotatable bonds is 2. The molecular weight excluding hydrogens is 152 g/mol. The summed E-state index contributed by atoms with van der Waals surface area (Å²) in [4.78, 5) is 0. The standard InChI is InChI=1S/C9H16N2.H2O/c1-9(2,3)5-8(6-10)7-11-4;/h5,11H,7H2,1-4H3;1H2/b8-5+;. The van der Waals surface area contributed by atoms with Crippen molar-refractivity contribution in [3.05, 3.63) is 11.6 Å². The minimum Gasteiger partial charge on any atom is -0.412 e. The van der Waals surface area contributed by atoms with Gasteiger partial charge in [-0.2, -0.15) is 5.26 Å². The van der Waals surface area contributed by atoms with Crippen molar-refractivity contribution in [3.8, 4) is 6.07 Å². The van der Waals surface area contributed by atoms with E-state index in [1.54, 1.807) is 0 Å². The molecule has 0 saturated heterocycles. The van der Waals surface area contributed by atoms with E-state index in [0.29, 0.717) is 6.54 Å². The molecule has 3 heteroatoms. The van der Waals surface area contributed by atoms with Crippen LogP contribution in [0.2, 0.25) is 0 Å². The molecule has 0 aromatic carbocycles. The predicted octanol–water partition coefficient (Wildman–Crippen LogP) is 0.877. The first-order valence-corrected chi connectivity index (χ1v) is 3.76. The maximum atomic E-state index is 8.66. The summed E-state index contributed by atoms with van der Waals surface area (Å²) in [7, 11) is 1.84. The summed E-state index contributed by atoms with van der Waals surface area (Å²) in [5, 5.41) is 11.6. The third kappa shape index (κ3) is 7.26. The molecule has 70 valence electrons. The van der Waals surface area contributed by atoms with Crippen molar-refractivity contribution in [1.82, 2.24) is 5.32 Å². The van der Waals surface area contributed by atoms with Gasteiger partial charge in [-0.05, 0) is 12.5 Å². The molecule has 0 atom stereocenters. The molecule has 0 unspecified atom stereocenters. The maximum absolute atomic E-state index is 8.66. The van der Waals surface area contributed by atoms with Gasteiger partial charge in [0.2, 0.25) is 0 Å². The van der Waals surface area contributed by atoms with Crippen LogP contribution in [-0.4, -0.2) is 19.1 Å². The Balaban J connectivity index is 0. The van der Waals surface area contributed by atoms with Crippen LogP contribution in [0.4, 0.5) is 0 Å². The number of allylic oxidation sites excluding steroid dienone is 1. The molecule has 0 spiro atoms. The molecule has 0 aromatic rings. The maximum Gasteiger partial charge on any atom is 0.0957 e. The quantitative estimate of drug-likeness (QED) is 0.625. The molecule has 0 amide bonds. The van der Waals surface area contributed by atoms with E-state index >= 15 is 0 Å². The van der Waals surface area contributed by atoms with E-state index in [-0.39, 0.29) is 10.9 Å². The molecule has 0 fully saturated rings. The lowest BCUT2D eigenvalue weighted by Gasteiger charge is -2.12. The lowest BCUT2D eigenvalue weighted by molar-refractivity contribution is 0.539. The van der Waals surface area contributed by atoms with Gasteiger partial charge in [0.15, 0.2) is 0 Å². The molecule has 0 rings (SSSR count). The van der Waals surface area contributed by atoms with Gasteiger partial charge in [-0.25, -0.2) is 0 Å². The lowest BCUT2D eigenvalue weighted by atomic mass is 9.94. The van der Waals surface area contributed by atoms with Crippen LogP contribution in [0.3, 0.4) is 0 Å². The Kier molecular flexibility index (Phi) is 6.58. The Morgan fingerprint density at radius 1 is 1.50 bits per heavy atom. The van der Waals surface area contributed by atoms with Crippen LogP contribution in [-0.2, 0) is 0 Å². The van der Waals surface area contributed by atoms with Gasteiger partial charge in [0.25, 0.3) is 0 Å². The number of hydrogen-bond donors (Lipinski definition) is 1. The third-order valence-electron chi connectivity index (χ3n) is 1.12. The second kappa shape index (κ2) is 5.76. The van der Waals surface area contributed by atoms with Gasteiger partial charge in [0.05, 0.1) is 6.07 Å². The van der Waals surface area contributed by atoms with Crippen LogP contribution >= 0.6 is 0 Å². The average molecular weight is 170 g/mol. The Hall–Kier alpha value is -0.850. The summed E-state index contributed by atoms with van der Waals surface area (Å²) in [6, 6.07) is 2.16. The van der Waals surface area contributed by atoms with Crippen LogP contribution in [0, 0.1) is 16.7 Å². The number of nitrogens with zero attached hydrogens (tertiary/aromatic N) is 1. The highest BCUT2D eigenvalue weighted by molar-refractivity contribution is 5.24. The minimum atomic E-state index is 0. The van der Waals surface area contributed by atoms with Crippen molar-refractivity contribution < 1.29 is 5.48 Å². The number of nitriles is 1. The van der Waals surface area contributed by atoms with Crippen molar-refractivity contribution in [1.29, 1.82) is 5.26 Å². The van der Waals surface area contributed by atoms with Gasteiger partial charge in [0.1, 0.15) is 0 Å². The van der Waals surface area contributed by atoms with Crippen molar-refractivity contribution in [2.45, 2.75) is 20.8 Å². The highest BCUT2D eigenvalue weighted by Gasteiger charge is 2.07. The number of hydrogen-bond acceptors (Lipinski definition) is 2. The fourth-order valence-electron chi connectivity index (χ4n) is 0.836. The average Bonchev–Trinajstić information content (AvgIpc) is 1.84. The van der Waals surface area contributed by atoms with Crippen molar-refractivity contribution >= 4 is 0 Å². The molecular formula is C9H18N2O. The molecule has 0 bridgehead atoms. The van der Waals surface area contributed by atoms with E-state index in [0.717, 1.165) is 5.57 Å². The third-order valence-corrected chi connectivity index (χ3v) is 1.12. The van der Waals surface area contributed by atoms with Crippen LogP contribution in [0.25, 0.3) is 0 Å². The van der Waals surface area contributed by atoms with E-state index in [4.69, 9.17) is 5.26 Å². The van der Waals surface area contributed by atoms with Gasteiger partial charge < -0.3 is 10.8 Å². The first-order chi connectivity index (χ1) is 4.99. The van der Waals surface area contributed by atoms with Crippen molar-refractivity contribution in [2.24, 2.45) is 5.41 Å². The molecule has 0 aromatic heterocycles. The SMILES string of the molecule is CNC/C(C#N)=C/C(C)(C)C.O. The largest absolute Gasteiger partial charge is 0.412 e. The minimum absolute atomic E-state index is 0. The molecule has 12 heavy (non-hydrogen) atoms. The Morgan fingerprint density at radius 2 is 2.00 bits per heavy atom. The molecule has 3 N–H and O–H groups in total. The second-order valence-electron chi connectivity index (χ2n) is 3.68. The molecule has 0 radical (unpaired) electrons. The summed E-state index contributed by atoms with van der Waals surface area (Å²) < 4.78 is 0. The van der Waals surface area contributed by atoms with E-state index in [9.17, 15) is 0 Å². The first kappa shape index (κ1) is 13.7. The second-order valence-corrected chi connectivity index (χ2v) is 3.68. The highest BCUT2D eigenvalue weighted by atomic mass is 16.0. The summed E-state index contributed by atoms with van der Waals surface area (Å²) >= 11 is 0. The zero-order chi connectivity index (χ0) is 8.91. The van der Waals surface area contributed by atoms with Gasteiger partial charge in [-0.15, -0.1) is 0 Å². The lowest BCUT2D eigenvalue weighted by Crippen LogP contribution is -2.12. The van der Waals surface area contributed by atoms with E-state index in [1.165, 1.54) is 0 Å². The molecule has 0 heterocycles. The van der Waals surface area contributed by atoms with Crippen LogP contribution in [0.1, 0.15) is 20.8 Å². The fraction of sp³-hybridized carbons (Fsp3) is 0.667. The van der Waals surface area contributed by atoms with Crippen LogP contribution in [0.5, 0.6) is 0 Å². The smallest absolute Gasteiger partial charge is 0.0957 e. The predicted molar refractivity (Wildman–Crippen MR) is 50.7 cm³/mol. The van der Waals surface area contributed by atoms with Gasteiger partial charge in [-0.3, -0.25) is 0 Å². The summed E-state index contributed by atoms with van der Waals surface area (Å²) in [6.07, 6.45) is 1.99.